The Labute approximate surface area is 128 Å². The van der Waals surface area contributed by atoms with Gasteiger partial charge in [0.15, 0.2) is 0 Å². The fourth-order valence-corrected chi connectivity index (χ4v) is 1.75. The highest BCUT2D eigenvalue weighted by Crippen LogP contribution is 2.16. The van der Waals surface area contributed by atoms with Crippen molar-refractivity contribution < 1.29 is 9.18 Å². The van der Waals surface area contributed by atoms with Crippen LogP contribution in [0.25, 0.3) is 11.0 Å². The number of nitrogens with one attached hydrogen (secondary N) is 3. The molecule has 0 bridgehead atoms. The zero-order valence-corrected chi connectivity index (χ0v) is 12.5. The monoisotopic (exact) mass is 322 g/mol. The molecule has 8 heteroatoms. The van der Waals surface area contributed by atoms with E-state index in [-0.39, 0.29) is 36.3 Å². The molecule has 1 aromatic heterocycles. The van der Waals surface area contributed by atoms with Crippen molar-refractivity contribution >= 4 is 41.8 Å². The summed E-state index contributed by atoms with van der Waals surface area (Å²) in [5.74, 6) is -0.755. The number of amides is 1. The Balaban J connectivity index is 0.00000180. The Hall–Kier alpha value is -1.37. The van der Waals surface area contributed by atoms with Crippen molar-refractivity contribution in [1.82, 2.24) is 20.6 Å². The number of aromatic amines is 1. The van der Waals surface area contributed by atoms with Gasteiger partial charge in [0.05, 0.1) is 17.4 Å². The minimum atomic E-state index is -0.452. The van der Waals surface area contributed by atoms with Crippen LogP contribution in [-0.2, 0) is 0 Å². The van der Waals surface area contributed by atoms with Gasteiger partial charge in [-0.25, -0.2) is 9.37 Å². The van der Waals surface area contributed by atoms with E-state index in [1.807, 2.05) is 7.05 Å². The first-order chi connectivity index (χ1) is 8.72. The van der Waals surface area contributed by atoms with Crippen LogP contribution in [0.2, 0.25) is 0 Å². The topological polar surface area (TPSA) is 69.8 Å². The number of carbonyl (C=O) groups excluding carboxylic acids is 1. The highest BCUT2D eigenvalue weighted by molar-refractivity contribution is 6.04. The van der Waals surface area contributed by atoms with Crippen LogP contribution in [0.3, 0.4) is 0 Å². The molecule has 0 unspecified atom stereocenters. The predicted octanol–water partition coefficient (Wildman–Crippen LogP) is 1.88. The molecule has 0 aliphatic carbocycles. The van der Waals surface area contributed by atoms with Gasteiger partial charge < -0.3 is 15.6 Å². The Morgan fingerprint density at radius 2 is 2.10 bits per heavy atom. The minimum Gasteiger partial charge on any atom is -0.352 e. The third kappa shape index (κ3) is 4.33. The first-order valence-electron chi connectivity index (χ1n) is 5.78. The van der Waals surface area contributed by atoms with Gasteiger partial charge in [-0.05, 0) is 32.1 Å². The molecule has 1 aromatic carbocycles. The van der Waals surface area contributed by atoms with E-state index >= 15 is 0 Å². The molecule has 20 heavy (non-hydrogen) atoms. The van der Waals surface area contributed by atoms with E-state index < -0.39 is 5.82 Å². The first-order valence-corrected chi connectivity index (χ1v) is 5.78. The lowest BCUT2D eigenvalue weighted by Gasteiger charge is -2.05. The summed E-state index contributed by atoms with van der Waals surface area (Å²) in [6.07, 6.45) is 2.27. The first kappa shape index (κ1) is 18.6. The highest BCUT2D eigenvalue weighted by atomic mass is 35.5. The van der Waals surface area contributed by atoms with Crippen LogP contribution in [0, 0.1) is 5.82 Å². The predicted molar refractivity (Wildman–Crippen MR) is 81.4 cm³/mol. The van der Waals surface area contributed by atoms with Gasteiger partial charge in [0, 0.05) is 6.54 Å². The molecule has 2 rings (SSSR count). The molecule has 0 aliphatic rings. The SMILES string of the molecule is CNCCCNC(=O)c1cc(F)cc2[nH]cnc12.Cl.Cl. The molecule has 0 fully saturated rings. The third-order valence-electron chi connectivity index (χ3n) is 2.62. The number of carbonyl (C=O) groups is 1. The van der Waals surface area contributed by atoms with E-state index in [1.54, 1.807) is 0 Å². The van der Waals surface area contributed by atoms with Crippen LogP contribution in [-0.4, -0.2) is 36.0 Å². The van der Waals surface area contributed by atoms with Crippen LogP contribution < -0.4 is 10.6 Å². The van der Waals surface area contributed by atoms with Crippen LogP contribution in [0.15, 0.2) is 18.5 Å². The molecule has 0 saturated carbocycles. The van der Waals surface area contributed by atoms with Crippen molar-refractivity contribution in [2.45, 2.75) is 6.42 Å². The molecule has 112 valence electrons. The maximum atomic E-state index is 13.3. The van der Waals surface area contributed by atoms with Gasteiger partial charge in [0.25, 0.3) is 5.91 Å². The fraction of sp³-hybridized carbons (Fsp3) is 0.333. The normalized spacial score (nSPS) is 9.70. The minimum absolute atomic E-state index is 0. The van der Waals surface area contributed by atoms with Gasteiger partial charge in [-0.1, -0.05) is 0 Å². The average molecular weight is 323 g/mol. The molecule has 0 spiro atoms. The second-order valence-corrected chi connectivity index (χ2v) is 3.97. The lowest BCUT2D eigenvalue weighted by atomic mass is 10.1. The van der Waals surface area contributed by atoms with Crippen molar-refractivity contribution in [3.05, 3.63) is 29.8 Å². The number of imidazole rings is 1. The van der Waals surface area contributed by atoms with Gasteiger partial charge in [-0.15, -0.1) is 24.8 Å². The largest absolute Gasteiger partial charge is 0.352 e. The Kier molecular flexibility index (Phi) is 8.13. The lowest BCUT2D eigenvalue weighted by Crippen LogP contribution is -2.26. The summed E-state index contributed by atoms with van der Waals surface area (Å²) in [5.41, 5.74) is 1.27. The Bertz CT molecular complexity index is 561. The number of fused-ring (bicyclic) bond motifs is 1. The highest BCUT2D eigenvalue weighted by Gasteiger charge is 2.13. The zero-order valence-electron chi connectivity index (χ0n) is 10.9. The van der Waals surface area contributed by atoms with Crippen LogP contribution >= 0.6 is 24.8 Å². The summed E-state index contributed by atoms with van der Waals surface area (Å²) < 4.78 is 13.3. The summed E-state index contributed by atoms with van der Waals surface area (Å²) in [4.78, 5) is 18.7. The second-order valence-electron chi connectivity index (χ2n) is 3.97. The number of hydrogen-bond donors (Lipinski definition) is 3. The summed E-state index contributed by atoms with van der Waals surface area (Å²) in [6, 6.07) is 2.52. The molecule has 1 amide bonds. The molecule has 3 N–H and O–H groups in total. The number of aromatic nitrogens is 2. The molecule has 0 saturated heterocycles. The molecule has 0 aliphatic heterocycles. The molecular weight excluding hydrogens is 306 g/mol. The standard InChI is InChI=1S/C12H15FN4O.2ClH/c1-14-3-2-4-15-12(18)9-5-8(13)6-10-11(9)17-7-16-10;;/h5-7,14H,2-4H2,1H3,(H,15,18)(H,16,17);2*1H. The molecule has 0 atom stereocenters. The summed E-state index contributed by atoms with van der Waals surface area (Å²) >= 11 is 0. The average Bonchev–Trinajstić information content (AvgIpc) is 2.81. The van der Waals surface area contributed by atoms with E-state index in [1.165, 1.54) is 18.5 Å². The molecular formula is C12H17Cl2FN4O. The number of benzene rings is 1. The van der Waals surface area contributed by atoms with E-state index in [4.69, 9.17) is 0 Å². The second kappa shape index (κ2) is 8.73. The molecule has 1 heterocycles. The van der Waals surface area contributed by atoms with Crippen molar-refractivity contribution in [2.24, 2.45) is 0 Å². The van der Waals surface area contributed by atoms with Gasteiger partial charge in [-0.2, -0.15) is 0 Å². The van der Waals surface area contributed by atoms with Crippen molar-refractivity contribution in [3.63, 3.8) is 0 Å². The zero-order chi connectivity index (χ0) is 13.0. The number of nitrogens with zero attached hydrogens (tertiary/aromatic N) is 1. The molecule has 0 radical (unpaired) electrons. The smallest absolute Gasteiger partial charge is 0.253 e. The van der Waals surface area contributed by atoms with Gasteiger partial charge in [-0.3, -0.25) is 4.79 Å². The van der Waals surface area contributed by atoms with Crippen molar-refractivity contribution in [3.8, 4) is 0 Å². The number of hydrogen-bond acceptors (Lipinski definition) is 3. The Morgan fingerprint density at radius 1 is 1.35 bits per heavy atom. The number of H-pyrrole nitrogens is 1. The third-order valence-corrected chi connectivity index (χ3v) is 2.62. The number of rotatable bonds is 5. The number of halogens is 3. The molecule has 2 aromatic rings. The van der Waals surface area contributed by atoms with E-state index in [9.17, 15) is 9.18 Å². The molecule has 5 nitrogen and oxygen atoms in total. The van der Waals surface area contributed by atoms with Crippen molar-refractivity contribution in [1.29, 1.82) is 0 Å². The van der Waals surface area contributed by atoms with Crippen LogP contribution in [0.1, 0.15) is 16.8 Å². The quantitative estimate of drug-likeness (QED) is 0.736. The summed E-state index contributed by atoms with van der Waals surface area (Å²) in [6.45, 7) is 1.36. The fourth-order valence-electron chi connectivity index (χ4n) is 1.75. The summed E-state index contributed by atoms with van der Waals surface area (Å²) in [7, 11) is 1.85. The van der Waals surface area contributed by atoms with E-state index in [0.717, 1.165) is 13.0 Å². The lowest BCUT2D eigenvalue weighted by molar-refractivity contribution is 0.0954. The van der Waals surface area contributed by atoms with Crippen LogP contribution in [0.4, 0.5) is 4.39 Å². The maximum absolute atomic E-state index is 13.3. The van der Waals surface area contributed by atoms with E-state index in [2.05, 4.69) is 20.6 Å². The maximum Gasteiger partial charge on any atom is 0.253 e. The van der Waals surface area contributed by atoms with Gasteiger partial charge in [0.2, 0.25) is 0 Å². The van der Waals surface area contributed by atoms with E-state index in [0.29, 0.717) is 17.6 Å². The Morgan fingerprint density at radius 3 is 2.80 bits per heavy atom. The summed E-state index contributed by atoms with van der Waals surface area (Å²) in [5, 5.41) is 5.73. The van der Waals surface area contributed by atoms with Gasteiger partial charge >= 0.3 is 0 Å². The van der Waals surface area contributed by atoms with Crippen molar-refractivity contribution in [2.75, 3.05) is 20.1 Å². The van der Waals surface area contributed by atoms with Crippen LogP contribution in [0.5, 0.6) is 0 Å². The van der Waals surface area contributed by atoms with Gasteiger partial charge in [0.1, 0.15) is 11.3 Å².